The number of azo groups is 1. The zero-order chi connectivity index (χ0) is 17.3. The zero-order valence-electron chi connectivity index (χ0n) is 14.7. The van der Waals surface area contributed by atoms with Crippen molar-refractivity contribution in [1.82, 2.24) is 9.38 Å². The van der Waals surface area contributed by atoms with E-state index in [9.17, 15) is 0 Å². The van der Waals surface area contributed by atoms with Gasteiger partial charge in [0.15, 0.2) is 5.82 Å². The van der Waals surface area contributed by atoms with Crippen LogP contribution in [0, 0.1) is 6.92 Å². The van der Waals surface area contributed by atoms with Crippen molar-refractivity contribution in [2.24, 2.45) is 10.2 Å². The van der Waals surface area contributed by atoms with Gasteiger partial charge in [-0.3, -0.25) is 4.40 Å². The summed E-state index contributed by atoms with van der Waals surface area (Å²) < 4.78 is 7.22. The van der Waals surface area contributed by atoms with Crippen molar-refractivity contribution in [3.05, 3.63) is 53.9 Å². The fourth-order valence-electron chi connectivity index (χ4n) is 2.51. The van der Waals surface area contributed by atoms with E-state index in [1.807, 2.05) is 40.9 Å². The molecule has 0 aliphatic rings. The molecule has 2 heterocycles. The fourth-order valence-corrected chi connectivity index (χ4v) is 2.51. The average molecular weight is 322 g/mol. The number of benzene rings is 1. The maximum atomic E-state index is 5.23. The highest BCUT2D eigenvalue weighted by molar-refractivity contribution is 5.55. The Morgan fingerprint density at radius 3 is 2.58 bits per heavy atom. The minimum atomic E-state index is -0.122. The van der Waals surface area contributed by atoms with E-state index in [1.165, 1.54) is 5.56 Å². The van der Waals surface area contributed by atoms with Crippen LogP contribution in [0.4, 0.5) is 11.5 Å². The number of fused-ring (bicyclic) bond motifs is 1. The van der Waals surface area contributed by atoms with Crippen LogP contribution < -0.4 is 4.74 Å². The van der Waals surface area contributed by atoms with Crippen LogP contribution >= 0.6 is 0 Å². The van der Waals surface area contributed by atoms with E-state index in [2.05, 4.69) is 44.0 Å². The van der Waals surface area contributed by atoms with Gasteiger partial charge in [0.05, 0.1) is 18.5 Å². The molecule has 0 N–H and O–H groups in total. The van der Waals surface area contributed by atoms with Gasteiger partial charge in [-0.05, 0) is 36.8 Å². The summed E-state index contributed by atoms with van der Waals surface area (Å²) in [6.45, 7) is 8.45. The molecule has 0 aliphatic carbocycles. The van der Waals surface area contributed by atoms with Crippen molar-refractivity contribution in [1.29, 1.82) is 0 Å². The molecule has 0 bridgehead atoms. The van der Waals surface area contributed by atoms with Crippen LogP contribution in [0.3, 0.4) is 0 Å². The third-order valence-corrected chi connectivity index (χ3v) is 3.78. The Hall–Kier alpha value is -2.69. The Labute approximate surface area is 142 Å². The van der Waals surface area contributed by atoms with Gasteiger partial charge < -0.3 is 4.74 Å². The van der Waals surface area contributed by atoms with Crippen molar-refractivity contribution in [3.8, 4) is 5.75 Å². The van der Waals surface area contributed by atoms with E-state index in [-0.39, 0.29) is 5.41 Å². The molecular weight excluding hydrogens is 300 g/mol. The van der Waals surface area contributed by atoms with Gasteiger partial charge in [-0.25, -0.2) is 4.98 Å². The van der Waals surface area contributed by atoms with E-state index in [4.69, 9.17) is 9.72 Å². The molecule has 24 heavy (non-hydrogen) atoms. The Bertz CT molecular complexity index is 903. The Kier molecular flexibility index (Phi) is 4.09. The van der Waals surface area contributed by atoms with Gasteiger partial charge >= 0.3 is 0 Å². The molecule has 0 saturated heterocycles. The molecule has 0 fully saturated rings. The highest BCUT2D eigenvalue weighted by Gasteiger charge is 2.24. The summed E-state index contributed by atoms with van der Waals surface area (Å²) in [6, 6.07) is 11.6. The maximum absolute atomic E-state index is 5.23. The lowest BCUT2D eigenvalue weighted by molar-refractivity contribution is 0.415. The van der Waals surface area contributed by atoms with Gasteiger partial charge in [-0.1, -0.05) is 26.8 Å². The van der Waals surface area contributed by atoms with Crippen LogP contribution in [0.1, 0.15) is 32.0 Å². The van der Waals surface area contributed by atoms with E-state index in [1.54, 1.807) is 7.11 Å². The molecule has 0 amide bonds. The van der Waals surface area contributed by atoms with Gasteiger partial charge in [0.25, 0.3) is 0 Å². The SMILES string of the molecule is COc1cccc(N=Nc2c(C(C)(C)C)nc3cc(C)ccn23)c1. The monoisotopic (exact) mass is 322 g/mol. The number of methoxy groups -OCH3 is 1. The molecule has 1 aromatic carbocycles. The van der Waals surface area contributed by atoms with E-state index in [0.29, 0.717) is 0 Å². The van der Waals surface area contributed by atoms with Gasteiger partial charge in [0, 0.05) is 17.7 Å². The minimum Gasteiger partial charge on any atom is -0.497 e. The number of imidazole rings is 1. The largest absolute Gasteiger partial charge is 0.497 e. The minimum absolute atomic E-state index is 0.122. The van der Waals surface area contributed by atoms with Crippen LogP contribution in [0.5, 0.6) is 5.75 Å². The predicted octanol–water partition coefficient (Wildman–Crippen LogP) is 5.36. The molecule has 2 aromatic heterocycles. The summed E-state index contributed by atoms with van der Waals surface area (Å²) in [5.74, 6) is 1.52. The van der Waals surface area contributed by atoms with Gasteiger partial charge in [-0.2, -0.15) is 0 Å². The molecule has 5 nitrogen and oxygen atoms in total. The second-order valence-electron chi connectivity index (χ2n) is 6.87. The molecule has 0 radical (unpaired) electrons. The zero-order valence-corrected chi connectivity index (χ0v) is 14.7. The quantitative estimate of drug-likeness (QED) is 0.609. The first-order chi connectivity index (χ1) is 11.4. The molecular formula is C19H22N4O. The van der Waals surface area contributed by atoms with Crippen molar-refractivity contribution in [2.45, 2.75) is 33.1 Å². The fraction of sp³-hybridized carbons (Fsp3) is 0.316. The van der Waals surface area contributed by atoms with Gasteiger partial charge in [0.1, 0.15) is 11.4 Å². The van der Waals surface area contributed by atoms with Crippen LogP contribution in [0.25, 0.3) is 5.65 Å². The van der Waals surface area contributed by atoms with E-state index in [0.717, 1.165) is 28.6 Å². The number of ether oxygens (including phenoxy) is 1. The summed E-state index contributed by atoms with van der Waals surface area (Å²) in [5.41, 5.74) is 3.61. The molecule has 0 aliphatic heterocycles. The molecule has 5 heteroatoms. The second kappa shape index (κ2) is 6.07. The molecule has 0 saturated carbocycles. The molecule has 0 spiro atoms. The average Bonchev–Trinajstić information content (AvgIpc) is 2.91. The highest BCUT2D eigenvalue weighted by atomic mass is 16.5. The predicted molar refractivity (Wildman–Crippen MR) is 95.8 cm³/mol. The maximum Gasteiger partial charge on any atom is 0.183 e. The second-order valence-corrected chi connectivity index (χ2v) is 6.87. The number of aryl methyl sites for hydroxylation is 1. The van der Waals surface area contributed by atoms with Gasteiger partial charge in [-0.15, -0.1) is 10.2 Å². The molecule has 0 unspecified atom stereocenters. The lowest BCUT2D eigenvalue weighted by Gasteiger charge is -2.15. The third-order valence-electron chi connectivity index (χ3n) is 3.78. The van der Waals surface area contributed by atoms with Crippen molar-refractivity contribution in [2.75, 3.05) is 7.11 Å². The normalized spacial score (nSPS) is 12.2. The molecule has 3 aromatic rings. The Morgan fingerprint density at radius 1 is 1.08 bits per heavy atom. The van der Waals surface area contributed by atoms with Crippen molar-refractivity contribution >= 4 is 17.2 Å². The molecule has 124 valence electrons. The summed E-state index contributed by atoms with van der Waals surface area (Å²) in [5, 5.41) is 8.89. The van der Waals surface area contributed by atoms with Crippen molar-refractivity contribution < 1.29 is 4.74 Å². The molecule has 3 rings (SSSR count). The lowest BCUT2D eigenvalue weighted by atomic mass is 9.92. The van der Waals surface area contributed by atoms with Crippen molar-refractivity contribution in [3.63, 3.8) is 0 Å². The number of pyridine rings is 1. The van der Waals surface area contributed by atoms with Gasteiger partial charge in [0.2, 0.25) is 0 Å². The number of aromatic nitrogens is 2. The van der Waals surface area contributed by atoms with Crippen LogP contribution in [-0.4, -0.2) is 16.5 Å². The summed E-state index contributed by atoms with van der Waals surface area (Å²) in [4.78, 5) is 4.78. The Balaban J connectivity index is 2.11. The van der Waals surface area contributed by atoms with E-state index < -0.39 is 0 Å². The van der Waals surface area contributed by atoms with Crippen LogP contribution in [0.15, 0.2) is 52.8 Å². The smallest absolute Gasteiger partial charge is 0.183 e. The number of hydrogen-bond acceptors (Lipinski definition) is 4. The Morgan fingerprint density at radius 2 is 1.88 bits per heavy atom. The highest BCUT2D eigenvalue weighted by Crippen LogP contribution is 2.33. The summed E-state index contributed by atoms with van der Waals surface area (Å²) in [6.07, 6.45) is 1.99. The standard InChI is InChI=1S/C19H22N4O/c1-13-9-10-23-16(11-13)20-17(19(2,3)4)18(23)22-21-14-7-6-8-15(12-14)24-5/h6-12H,1-5H3. The topological polar surface area (TPSA) is 51.2 Å². The van der Waals surface area contributed by atoms with E-state index >= 15 is 0 Å². The third kappa shape index (κ3) is 3.15. The first kappa shape index (κ1) is 16.2. The first-order valence-electron chi connectivity index (χ1n) is 7.93. The molecule has 0 atom stereocenters. The number of hydrogen-bond donors (Lipinski definition) is 0. The number of rotatable bonds is 3. The van der Waals surface area contributed by atoms with Crippen LogP contribution in [-0.2, 0) is 5.41 Å². The number of nitrogens with zero attached hydrogens (tertiary/aromatic N) is 4. The summed E-state index contributed by atoms with van der Waals surface area (Å²) >= 11 is 0. The van der Waals surface area contributed by atoms with Crippen LogP contribution in [0.2, 0.25) is 0 Å². The first-order valence-corrected chi connectivity index (χ1v) is 7.93. The summed E-state index contributed by atoms with van der Waals surface area (Å²) in [7, 11) is 1.64. The lowest BCUT2D eigenvalue weighted by Crippen LogP contribution is -2.11.